The largest absolute Gasteiger partial charge is 0.466 e. The highest BCUT2D eigenvalue weighted by Crippen LogP contribution is 2.39. The monoisotopic (exact) mass is 517 g/mol. The molecule has 1 fully saturated rings. The topological polar surface area (TPSA) is 101 Å². The van der Waals surface area contributed by atoms with Crippen molar-refractivity contribution in [3.8, 4) is 6.07 Å². The van der Waals surface area contributed by atoms with Gasteiger partial charge in [0.25, 0.3) is 0 Å². The summed E-state index contributed by atoms with van der Waals surface area (Å²) >= 11 is 1.12. The summed E-state index contributed by atoms with van der Waals surface area (Å²) < 4.78 is 54.3. The lowest BCUT2D eigenvalue weighted by Gasteiger charge is -2.26. The van der Waals surface area contributed by atoms with E-state index in [2.05, 4.69) is 6.07 Å². The normalized spacial score (nSPS) is 14.7. The van der Waals surface area contributed by atoms with Gasteiger partial charge >= 0.3 is 5.97 Å². The molecule has 0 spiro atoms. The highest BCUT2D eigenvalue weighted by Gasteiger charge is 2.27. The minimum Gasteiger partial charge on any atom is -0.466 e. The number of nitriles is 1. The van der Waals surface area contributed by atoms with Crippen LogP contribution < -0.4 is 0 Å². The summed E-state index contributed by atoms with van der Waals surface area (Å²) in [7, 11) is -3.83. The average molecular weight is 518 g/mol. The SMILES string of the molecule is CCOC(=O)Cc1c(C)c(Sc2ccc(S(=O)(=O)N3CCOCC3)cc2F)c2cc(C#N)ccn12. The van der Waals surface area contributed by atoms with Crippen molar-refractivity contribution in [3.63, 3.8) is 0 Å². The lowest BCUT2D eigenvalue weighted by Crippen LogP contribution is -2.40. The Kier molecular flexibility index (Phi) is 7.47. The van der Waals surface area contributed by atoms with Crippen LogP contribution in [0, 0.1) is 24.1 Å². The predicted molar refractivity (Wildman–Crippen MR) is 127 cm³/mol. The Bertz CT molecular complexity index is 1420. The summed E-state index contributed by atoms with van der Waals surface area (Å²) in [5.74, 6) is -1.06. The van der Waals surface area contributed by atoms with Crippen LogP contribution in [0.1, 0.15) is 23.7 Å². The van der Waals surface area contributed by atoms with E-state index in [-0.39, 0.29) is 41.9 Å². The lowest BCUT2D eigenvalue weighted by molar-refractivity contribution is -0.142. The molecule has 0 atom stereocenters. The van der Waals surface area contributed by atoms with Crippen LogP contribution in [0.5, 0.6) is 0 Å². The zero-order chi connectivity index (χ0) is 25.2. The van der Waals surface area contributed by atoms with Gasteiger partial charge in [0.1, 0.15) is 5.82 Å². The minimum atomic E-state index is -3.83. The van der Waals surface area contributed by atoms with Gasteiger partial charge in [-0.2, -0.15) is 9.57 Å². The van der Waals surface area contributed by atoms with Crippen LogP contribution in [0.3, 0.4) is 0 Å². The summed E-state index contributed by atoms with van der Waals surface area (Å²) in [6, 6.07) is 9.28. The Morgan fingerprint density at radius 1 is 1.26 bits per heavy atom. The Morgan fingerprint density at radius 3 is 2.66 bits per heavy atom. The maximum absolute atomic E-state index is 15.2. The number of nitrogens with zero attached hydrogens (tertiary/aromatic N) is 3. The van der Waals surface area contributed by atoms with Gasteiger partial charge in [-0.1, -0.05) is 11.8 Å². The Balaban J connectivity index is 1.71. The first-order valence-corrected chi connectivity index (χ1v) is 13.3. The molecular formula is C24H24FN3O5S2. The van der Waals surface area contributed by atoms with E-state index < -0.39 is 15.8 Å². The molecule has 8 nitrogen and oxygen atoms in total. The molecular weight excluding hydrogens is 493 g/mol. The molecule has 0 bridgehead atoms. The number of morpholine rings is 1. The third kappa shape index (κ3) is 5.06. The first-order valence-electron chi connectivity index (χ1n) is 11.0. The third-order valence-electron chi connectivity index (χ3n) is 5.72. The van der Waals surface area contributed by atoms with Gasteiger partial charge in [0.15, 0.2) is 0 Å². The zero-order valence-electron chi connectivity index (χ0n) is 19.3. The number of benzene rings is 1. The Labute approximate surface area is 207 Å². The molecule has 3 aromatic rings. The first kappa shape index (κ1) is 25.2. The number of hydrogen-bond acceptors (Lipinski definition) is 7. The molecule has 0 N–H and O–H groups in total. The number of halogens is 1. The van der Waals surface area contributed by atoms with Crippen molar-refractivity contribution in [1.29, 1.82) is 5.26 Å². The molecule has 0 unspecified atom stereocenters. The fraction of sp³-hybridized carbons (Fsp3) is 0.333. The van der Waals surface area contributed by atoms with Crippen molar-refractivity contribution in [2.45, 2.75) is 35.0 Å². The molecule has 2 aromatic heterocycles. The van der Waals surface area contributed by atoms with Crippen molar-refractivity contribution in [2.75, 3.05) is 32.9 Å². The predicted octanol–water partition coefficient (Wildman–Crippen LogP) is 3.54. The zero-order valence-corrected chi connectivity index (χ0v) is 20.9. The molecule has 0 aliphatic carbocycles. The minimum absolute atomic E-state index is 0.0204. The third-order valence-corrected chi connectivity index (χ3v) is 8.89. The van der Waals surface area contributed by atoms with E-state index in [0.717, 1.165) is 23.4 Å². The van der Waals surface area contributed by atoms with Gasteiger partial charge in [-0.3, -0.25) is 4.79 Å². The highest BCUT2D eigenvalue weighted by molar-refractivity contribution is 7.99. The molecule has 4 rings (SSSR count). The molecule has 184 valence electrons. The quantitative estimate of drug-likeness (QED) is 0.442. The molecule has 1 aliphatic rings. The number of pyridine rings is 1. The Hall–Kier alpha value is -2.91. The smallest absolute Gasteiger partial charge is 0.311 e. The number of carbonyl (C=O) groups is 1. The van der Waals surface area contributed by atoms with Crippen molar-refractivity contribution in [2.24, 2.45) is 0 Å². The van der Waals surface area contributed by atoms with E-state index in [1.54, 1.807) is 29.7 Å². The summed E-state index contributed by atoms with van der Waals surface area (Å²) in [6.45, 7) is 4.86. The van der Waals surface area contributed by atoms with Gasteiger partial charge in [0.05, 0.1) is 48.3 Å². The van der Waals surface area contributed by atoms with Crippen LogP contribution in [-0.2, 0) is 30.7 Å². The number of ether oxygens (including phenoxy) is 2. The lowest BCUT2D eigenvalue weighted by atomic mass is 10.2. The number of esters is 1. The molecule has 1 saturated heterocycles. The molecule has 35 heavy (non-hydrogen) atoms. The van der Waals surface area contributed by atoms with Gasteiger partial charge in [-0.05, 0) is 49.7 Å². The molecule has 1 aliphatic heterocycles. The Morgan fingerprint density at radius 2 is 2.00 bits per heavy atom. The van der Waals surface area contributed by atoms with Gasteiger partial charge in [0, 0.05) is 34.8 Å². The van der Waals surface area contributed by atoms with Crippen LogP contribution in [0.15, 0.2) is 51.2 Å². The van der Waals surface area contributed by atoms with Crippen molar-refractivity contribution in [1.82, 2.24) is 8.71 Å². The molecule has 0 radical (unpaired) electrons. The summed E-state index contributed by atoms with van der Waals surface area (Å²) in [6.07, 6.45) is 1.72. The van der Waals surface area contributed by atoms with E-state index in [9.17, 15) is 18.5 Å². The van der Waals surface area contributed by atoms with Gasteiger partial charge in [-0.15, -0.1) is 0 Å². The van der Waals surface area contributed by atoms with Crippen molar-refractivity contribution in [3.05, 3.63) is 59.2 Å². The van der Waals surface area contributed by atoms with E-state index in [1.807, 2.05) is 6.92 Å². The molecule has 0 amide bonds. The van der Waals surface area contributed by atoms with E-state index in [0.29, 0.717) is 34.9 Å². The number of rotatable bonds is 7. The number of sulfonamides is 1. The van der Waals surface area contributed by atoms with Gasteiger partial charge in [-0.25, -0.2) is 12.8 Å². The van der Waals surface area contributed by atoms with Gasteiger partial charge < -0.3 is 13.9 Å². The first-order chi connectivity index (χ1) is 16.8. The van der Waals surface area contributed by atoms with Crippen LogP contribution in [0.2, 0.25) is 0 Å². The van der Waals surface area contributed by atoms with Crippen molar-refractivity contribution >= 4 is 33.3 Å². The fourth-order valence-corrected chi connectivity index (χ4v) is 6.42. The molecule has 0 saturated carbocycles. The molecule has 3 heterocycles. The number of carbonyl (C=O) groups excluding carboxylic acids is 1. The van der Waals surface area contributed by atoms with Crippen LogP contribution in [0.4, 0.5) is 4.39 Å². The number of fused-ring (bicyclic) bond motifs is 1. The van der Waals surface area contributed by atoms with E-state index >= 15 is 4.39 Å². The van der Waals surface area contributed by atoms with Crippen LogP contribution >= 0.6 is 11.8 Å². The molecule has 1 aromatic carbocycles. The van der Waals surface area contributed by atoms with E-state index in [1.165, 1.54) is 16.4 Å². The van der Waals surface area contributed by atoms with E-state index in [4.69, 9.17) is 9.47 Å². The standard InChI is InChI=1S/C24H24FN3O5S2/c1-3-33-23(29)14-20-16(2)24(21-12-17(15-26)6-7-28(20)21)34-22-5-4-18(13-19(22)25)35(30,31)27-8-10-32-11-9-27/h4-7,12-13H,3,8-11,14H2,1-2H3. The fourth-order valence-electron chi connectivity index (χ4n) is 3.95. The maximum atomic E-state index is 15.2. The highest BCUT2D eigenvalue weighted by atomic mass is 32.2. The second-order valence-electron chi connectivity index (χ2n) is 7.88. The average Bonchev–Trinajstić information content (AvgIpc) is 3.10. The summed E-state index contributed by atoms with van der Waals surface area (Å²) in [5.41, 5.74) is 2.50. The van der Waals surface area contributed by atoms with Crippen molar-refractivity contribution < 1.29 is 27.1 Å². The summed E-state index contributed by atoms with van der Waals surface area (Å²) in [4.78, 5) is 13.0. The maximum Gasteiger partial charge on any atom is 0.311 e. The summed E-state index contributed by atoms with van der Waals surface area (Å²) in [5, 5.41) is 9.36. The van der Waals surface area contributed by atoms with Crippen LogP contribution in [-0.4, -0.2) is 56.0 Å². The second kappa shape index (κ2) is 10.4. The second-order valence-corrected chi connectivity index (χ2v) is 10.9. The van der Waals surface area contributed by atoms with Gasteiger partial charge in [0.2, 0.25) is 10.0 Å². The van der Waals surface area contributed by atoms with Crippen LogP contribution in [0.25, 0.3) is 5.52 Å². The number of aromatic nitrogens is 1. The number of hydrogen-bond donors (Lipinski definition) is 0. The molecule has 11 heteroatoms.